The molecule has 0 aromatic heterocycles. The Hall–Kier alpha value is -0.160. The van der Waals surface area contributed by atoms with Crippen molar-refractivity contribution in [3.63, 3.8) is 0 Å². The fourth-order valence-corrected chi connectivity index (χ4v) is 4.11. The van der Waals surface area contributed by atoms with E-state index in [1.807, 2.05) is 0 Å². The normalized spacial score (nSPS) is 37.9. The zero-order chi connectivity index (χ0) is 14.7. The molecule has 4 nitrogen and oxygen atoms in total. The molecule has 3 aliphatic rings. The Bertz CT molecular complexity index is 329. The Morgan fingerprint density at radius 1 is 1.19 bits per heavy atom. The van der Waals surface area contributed by atoms with Crippen LogP contribution in [0.5, 0.6) is 0 Å². The van der Waals surface area contributed by atoms with Gasteiger partial charge < -0.3 is 20.1 Å². The van der Waals surface area contributed by atoms with Gasteiger partial charge >= 0.3 is 0 Å². The van der Waals surface area contributed by atoms with Gasteiger partial charge in [0, 0.05) is 30.8 Å². The topological polar surface area (TPSA) is 44.7 Å². The Morgan fingerprint density at radius 2 is 2.05 bits per heavy atom. The zero-order valence-electron chi connectivity index (χ0n) is 13.5. The van der Waals surface area contributed by atoms with Gasteiger partial charge in [-0.05, 0) is 64.8 Å². The molecule has 4 heteroatoms. The molecule has 0 radical (unpaired) electrons. The van der Waals surface area contributed by atoms with Crippen LogP contribution in [0.1, 0.15) is 57.8 Å². The summed E-state index contributed by atoms with van der Waals surface area (Å²) < 4.78 is 5.89. The van der Waals surface area contributed by atoms with Crippen LogP contribution in [-0.2, 0) is 4.74 Å². The van der Waals surface area contributed by atoms with E-state index in [9.17, 15) is 5.11 Å². The molecule has 0 spiro atoms. The minimum absolute atomic E-state index is 0.0221. The molecule has 3 unspecified atom stereocenters. The molecule has 0 aromatic rings. The second-order valence-corrected chi connectivity index (χ2v) is 7.54. The van der Waals surface area contributed by atoms with Gasteiger partial charge in [-0.25, -0.2) is 0 Å². The van der Waals surface area contributed by atoms with Crippen LogP contribution in [0.3, 0.4) is 0 Å². The van der Waals surface area contributed by atoms with Crippen molar-refractivity contribution >= 4 is 0 Å². The van der Waals surface area contributed by atoms with Crippen molar-refractivity contribution in [1.29, 1.82) is 0 Å². The van der Waals surface area contributed by atoms with Crippen LogP contribution in [0, 0.1) is 0 Å². The average Bonchev–Trinajstić information content (AvgIpc) is 3.32. The lowest BCUT2D eigenvalue weighted by Crippen LogP contribution is -2.56. The Balaban J connectivity index is 1.53. The number of rotatable bonds is 6. The molecule has 2 aliphatic carbocycles. The Labute approximate surface area is 129 Å². The molecule has 1 saturated heterocycles. The highest BCUT2D eigenvalue weighted by Crippen LogP contribution is 2.34. The largest absolute Gasteiger partial charge is 0.394 e. The van der Waals surface area contributed by atoms with Crippen LogP contribution < -0.4 is 5.32 Å². The molecule has 3 fully saturated rings. The van der Waals surface area contributed by atoms with Crippen molar-refractivity contribution in [3.05, 3.63) is 0 Å². The van der Waals surface area contributed by atoms with E-state index in [0.29, 0.717) is 18.2 Å². The summed E-state index contributed by atoms with van der Waals surface area (Å²) in [4.78, 5) is 2.49. The minimum Gasteiger partial charge on any atom is -0.394 e. The van der Waals surface area contributed by atoms with E-state index in [1.54, 1.807) is 0 Å². The Morgan fingerprint density at radius 3 is 2.71 bits per heavy atom. The number of aliphatic hydroxyl groups excluding tert-OH is 1. The van der Waals surface area contributed by atoms with Crippen LogP contribution in [0.25, 0.3) is 0 Å². The third-order valence-electron chi connectivity index (χ3n) is 5.60. The summed E-state index contributed by atoms with van der Waals surface area (Å²) in [7, 11) is 2.24. The van der Waals surface area contributed by atoms with E-state index in [-0.39, 0.29) is 12.1 Å². The van der Waals surface area contributed by atoms with E-state index in [0.717, 1.165) is 26.0 Å². The second kappa shape index (κ2) is 6.95. The Kier molecular flexibility index (Phi) is 5.20. The van der Waals surface area contributed by atoms with Crippen LogP contribution in [-0.4, -0.2) is 60.5 Å². The highest BCUT2D eigenvalue weighted by atomic mass is 16.5. The molecular weight excluding hydrogens is 264 g/mol. The molecule has 1 aliphatic heterocycles. The van der Waals surface area contributed by atoms with Gasteiger partial charge in [-0.1, -0.05) is 0 Å². The van der Waals surface area contributed by atoms with Crippen molar-refractivity contribution in [2.45, 2.75) is 81.5 Å². The molecule has 0 amide bonds. The molecule has 2 N–H and O–H groups in total. The highest BCUT2D eigenvalue weighted by molar-refractivity contribution is 5.00. The predicted molar refractivity (Wildman–Crippen MR) is 84.5 cm³/mol. The lowest BCUT2D eigenvalue weighted by atomic mass is 9.78. The van der Waals surface area contributed by atoms with Gasteiger partial charge in [0.15, 0.2) is 0 Å². The number of nitrogens with zero attached hydrogens (tertiary/aromatic N) is 1. The van der Waals surface area contributed by atoms with Gasteiger partial charge in [-0.2, -0.15) is 0 Å². The van der Waals surface area contributed by atoms with E-state index < -0.39 is 0 Å². The number of ether oxygens (including phenoxy) is 1. The smallest absolute Gasteiger partial charge is 0.0702 e. The number of nitrogens with one attached hydrogen (secondary N) is 1. The maximum Gasteiger partial charge on any atom is 0.0702 e. The van der Waals surface area contributed by atoms with Crippen molar-refractivity contribution in [2.75, 3.05) is 26.8 Å². The van der Waals surface area contributed by atoms with E-state index in [2.05, 4.69) is 17.3 Å². The second-order valence-electron chi connectivity index (χ2n) is 7.54. The van der Waals surface area contributed by atoms with Crippen molar-refractivity contribution in [1.82, 2.24) is 10.2 Å². The summed E-state index contributed by atoms with van der Waals surface area (Å²) in [5.74, 6) is 0. The van der Waals surface area contributed by atoms with Gasteiger partial charge in [-0.3, -0.25) is 0 Å². The first-order chi connectivity index (χ1) is 10.2. The highest BCUT2D eigenvalue weighted by Gasteiger charge is 2.40. The van der Waals surface area contributed by atoms with Crippen LogP contribution in [0.2, 0.25) is 0 Å². The van der Waals surface area contributed by atoms with Gasteiger partial charge in [0.05, 0.1) is 12.7 Å². The van der Waals surface area contributed by atoms with Crippen molar-refractivity contribution < 1.29 is 9.84 Å². The minimum atomic E-state index is -0.0221. The maximum absolute atomic E-state index is 9.93. The van der Waals surface area contributed by atoms with Crippen molar-refractivity contribution in [2.24, 2.45) is 0 Å². The lowest BCUT2D eigenvalue weighted by Gasteiger charge is -2.44. The number of aliphatic hydroxyl groups is 1. The molecule has 1 heterocycles. The SMILES string of the molecule is CN(CC1CCCCO1)C1CCCC(CO)(NC2CC2)C1. The number of likely N-dealkylation sites (N-methyl/N-ethyl adjacent to an activating group) is 1. The predicted octanol–water partition coefficient (Wildman–Crippen LogP) is 1.91. The molecule has 3 atom stereocenters. The monoisotopic (exact) mass is 296 g/mol. The lowest BCUT2D eigenvalue weighted by molar-refractivity contribution is -0.0180. The molecule has 122 valence electrons. The molecule has 0 aromatic carbocycles. The fraction of sp³-hybridized carbons (Fsp3) is 1.00. The third kappa shape index (κ3) is 4.19. The van der Waals surface area contributed by atoms with E-state index >= 15 is 0 Å². The maximum atomic E-state index is 9.93. The molecule has 0 bridgehead atoms. The fourth-order valence-electron chi connectivity index (χ4n) is 4.11. The summed E-state index contributed by atoms with van der Waals surface area (Å²) >= 11 is 0. The standard InChI is InChI=1S/C17H32N2O2/c1-19(12-16-6-2-3-10-21-16)15-5-4-9-17(11-15,13-20)18-14-7-8-14/h14-16,18,20H,2-13H2,1H3. The van der Waals surface area contributed by atoms with Gasteiger partial charge in [0.1, 0.15) is 0 Å². The van der Waals surface area contributed by atoms with Gasteiger partial charge in [-0.15, -0.1) is 0 Å². The van der Waals surface area contributed by atoms with Gasteiger partial charge in [0.25, 0.3) is 0 Å². The quantitative estimate of drug-likeness (QED) is 0.786. The van der Waals surface area contributed by atoms with Crippen LogP contribution in [0.15, 0.2) is 0 Å². The first-order valence-electron chi connectivity index (χ1n) is 8.91. The number of hydrogen-bond donors (Lipinski definition) is 2. The average molecular weight is 296 g/mol. The summed E-state index contributed by atoms with van der Waals surface area (Å²) in [5, 5.41) is 13.7. The van der Waals surface area contributed by atoms with Crippen LogP contribution >= 0.6 is 0 Å². The summed E-state index contributed by atoms with van der Waals surface area (Å²) in [6, 6.07) is 1.26. The van der Waals surface area contributed by atoms with E-state index in [4.69, 9.17) is 4.74 Å². The van der Waals surface area contributed by atoms with Gasteiger partial charge in [0.2, 0.25) is 0 Å². The molecule has 3 rings (SSSR count). The summed E-state index contributed by atoms with van der Waals surface area (Å²) in [6.45, 7) is 2.27. The van der Waals surface area contributed by atoms with Crippen LogP contribution in [0.4, 0.5) is 0 Å². The third-order valence-corrected chi connectivity index (χ3v) is 5.60. The number of hydrogen-bond acceptors (Lipinski definition) is 4. The zero-order valence-corrected chi connectivity index (χ0v) is 13.5. The molecule has 21 heavy (non-hydrogen) atoms. The van der Waals surface area contributed by atoms with Crippen molar-refractivity contribution in [3.8, 4) is 0 Å². The summed E-state index contributed by atoms with van der Waals surface area (Å²) in [5.41, 5.74) is -0.0221. The first-order valence-corrected chi connectivity index (χ1v) is 8.91. The molecular formula is C17H32N2O2. The first kappa shape index (κ1) is 15.7. The molecule has 2 saturated carbocycles. The van der Waals surface area contributed by atoms with E-state index in [1.165, 1.54) is 44.9 Å². The summed E-state index contributed by atoms with van der Waals surface area (Å²) in [6.07, 6.45) is 11.4.